The molecule has 2 amide bonds. The number of hydrogen-bond donors (Lipinski definition) is 1. The second-order valence-electron chi connectivity index (χ2n) is 6.60. The Labute approximate surface area is 176 Å². The molecule has 0 bridgehead atoms. The highest BCUT2D eigenvalue weighted by molar-refractivity contribution is 7.99. The molecule has 0 aliphatic heterocycles. The van der Waals surface area contributed by atoms with Gasteiger partial charge in [0, 0.05) is 35.2 Å². The monoisotopic (exact) mass is 418 g/mol. The highest BCUT2D eigenvalue weighted by Crippen LogP contribution is 2.22. The van der Waals surface area contributed by atoms with E-state index >= 15 is 0 Å². The maximum Gasteiger partial charge on any atom is 0.242 e. The van der Waals surface area contributed by atoms with E-state index in [0.717, 1.165) is 10.5 Å². The van der Waals surface area contributed by atoms with Crippen molar-refractivity contribution in [3.8, 4) is 0 Å². The van der Waals surface area contributed by atoms with Gasteiger partial charge in [-0.2, -0.15) is 0 Å². The Balaban J connectivity index is 2.06. The third-order valence-corrected chi connectivity index (χ3v) is 5.80. The second-order valence-corrected chi connectivity index (χ2v) is 8.17. The molecule has 0 unspecified atom stereocenters. The first kappa shape index (κ1) is 22.3. The van der Waals surface area contributed by atoms with Crippen LogP contribution in [0.15, 0.2) is 53.4 Å². The summed E-state index contributed by atoms with van der Waals surface area (Å²) in [4.78, 5) is 28.0. The predicted octanol–water partition coefficient (Wildman–Crippen LogP) is 4.68. The van der Waals surface area contributed by atoms with E-state index in [4.69, 9.17) is 11.6 Å². The van der Waals surface area contributed by atoms with Crippen LogP contribution in [0.5, 0.6) is 0 Å². The van der Waals surface area contributed by atoms with Crippen LogP contribution in [0.1, 0.15) is 31.4 Å². The van der Waals surface area contributed by atoms with Gasteiger partial charge in [0.15, 0.2) is 0 Å². The molecule has 4 nitrogen and oxygen atoms in total. The molecule has 0 radical (unpaired) electrons. The van der Waals surface area contributed by atoms with Crippen molar-refractivity contribution in [1.82, 2.24) is 10.2 Å². The minimum Gasteiger partial charge on any atom is -0.355 e. The predicted molar refractivity (Wildman–Crippen MR) is 117 cm³/mol. The zero-order chi connectivity index (χ0) is 20.5. The van der Waals surface area contributed by atoms with Crippen molar-refractivity contribution in [2.75, 3.05) is 12.3 Å². The molecule has 0 fully saturated rings. The van der Waals surface area contributed by atoms with Crippen molar-refractivity contribution in [1.29, 1.82) is 0 Å². The molecule has 2 aromatic carbocycles. The number of benzene rings is 2. The minimum atomic E-state index is -0.562. The largest absolute Gasteiger partial charge is 0.355 e. The Bertz CT molecular complexity index is 795. The molecule has 0 saturated heterocycles. The first-order valence-electron chi connectivity index (χ1n) is 9.42. The number of nitrogens with zero attached hydrogens (tertiary/aromatic N) is 1. The van der Waals surface area contributed by atoms with Crippen molar-refractivity contribution in [2.45, 2.75) is 44.7 Å². The summed E-state index contributed by atoms with van der Waals surface area (Å²) in [6.45, 7) is 6.51. The van der Waals surface area contributed by atoms with Crippen LogP contribution in [-0.2, 0) is 16.1 Å². The standard InChI is InChI=1S/C22H27ClN2O2S/c1-4-24-22(27)17(3)25(15-18-7-5-6-8-20(18)23)21(26)13-14-28-19-11-9-16(2)10-12-19/h5-12,17H,4,13-15H2,1-3H3,(H,24,27)/t17-/m0/s1. The van der Waals surface area contributed by atoms with E-state index in [0.29, 0.717) is 30.3 Å². The molecular weight excluding hydrogens is 392 g/mol. The van der Waals surface area contributed by atoms with Gasteiger partial charge in [-0.25, -0.2) is 0 Å². The Morgan fingerprint density at radius 1 is 1.14 bits per heavy atom. The number of carbonyl (C=O) groups is 2. The number of aryl methyl sites for hydroxylation is 1. The molecular formula is C22H27ClN2O2S. The van der Waals surface area contributed by atoms with E-state index in [1.54, 1.807) is 29.7 Å². The summed E-state index contributed by atoms with van der Waals surface area (Å²) in [5.41, 5.74) is 2.04. The average molecular weight is 419 g/mol. The zero-order valence-corrected chi connectivity index (χ0v) is 18.1. The lowest BCUT2D eigenvalue weighted by molar-refractivity contribution is -0.140. The van der Waals surface area contributed by atoms with Crippen LogP contribution in [0.25, 0.3) is 0 Å². The first-order chi connectivity index (χ1) is 13.4. The highest BCUT2D eigenvalue weighted by Gasteiger charge is 2.26. The van der Waals surface area contributed by atoms with Crippen LogP contribution < -0.4 is 5.32 Å². The molecule has 28 heavy (non-hydrogen) atoms. The third-order valence-electron chi connectivity index (χ3n) is 4.42. The number of halogens is 1. The van der Waals surface area contributed by atoms with E-state index in [-0.39, 0.29) is 11.8 Å². The quantitative estimate of drug-likeness (QED) is 0.601. The summed E-state index contributed by atoms with van der Waals surface area (Å²) >= 11 is 7.91. The molecule has 1 atom stereocenters. The van der Waals surface area contributed by atoms with E-state index in [2.05, 4.69) is 29.6 Å². The minimum absolute atomic E-state index is 0.0571. The van der Waals surface area contributed by atoms with Gasteiger partial charge in [-0.15, -0.1) is 11.8 Å². The number of thioether (sulfide) groups is 1. The third kappa shape index (κ3) is 6.57. The fourth-order valence-electron chi connectivity index (χ4n) is 2.75. The van der Waals surface area contributed by atoms with Gasteiger partial charge in [0.1, 0.15) is 6.04 Å². The smallest absolute Gasteiger partial charge is 0.242 e. The van der Waals surface area contributed by atoms with Crippen molar-refractivity contribution in [3.63, 3.8) is 0 Å². The number of nitrogens with one attached hydrogen (secondary N) is 1. The highest BCUT2D eigenvalue weighted by atomic mass is 35.5. The van der Waals surface area contributed by atoms with Crippen molar-refractivity contribution < 1.29 is 9.59 Å². The summed E-state index contributed by atoms with van der Waals surface area (Å²) in [5.74, 6) is 0.440. The zero-order valence-electron chi connectivity index (χ0n) is 16.6. The molecule has 2 aromatic rings. The first-order valence-corrected chi connectivity index (χ1v) is 10.8. The SMILES string of the molecule is CCNC(=O)[C@H](C)N(Cc1ccccc1Cl)C(=O)CCSc1ccc(C)cc1. The average Bonchev–Trinajstić information content (AvgIpc) is 2.68. The molecule has 0 aliphatic carbocycles. The molecule has 0 aromatic heterocycles. The van der Waals surface area contributed by atoms with Gasteiger partial charge in [0.2, 0.25) is 11.8 Å². The van der Waals surface area contributed by atoms with E-state index in [1.165, 1.54) is 5.56 Å². The van der Waals surface area contributed by atoms with Crippen LogP contribution in [0, 0.1) is 6.92 Å². The number of amides is 2. The Morgan fingerprint density at radius 3 is 2.46 bits per heavy atom. The lowest BCUT2D eigenvalue weighted by Gasteiger charge is -2.29. The van der Waals surface area contributed by atoms with Gasteiger partial charge in [-0.1, -0.05) is 47.5 Å². The fourth-order valence-corrected chi connectivity index (χ4v) is 3.79. The summed E-state index contributed by atoms with van der Waals surface area (Å²) < 4.78 is 0. The Kier molecular flexibility index (Phi) is 8.87. The topological polar surface area (TPSA) is 49.4 Å². The van der Waals surface area contributed by atoms with Gasteiger partial charge in [-0.05, 0) is 44.5 Å². The second kappa shape index (κ2) is 11.1. The normalized spacial score (nSPS) is 11.7. The number of likely N-dealkylation sites (N-methyl/N-ethyl adjacent to an activating group) is 1. The van der Waals surface area contributed by atoms with Gasteiger partial charge in [-0.3, -0.25) is 9.59 Å². The van der Waals surface area contributed by atoms with E-state index in [9.17, 15) is 9.59 Å². The van der Waals surface area contributed by atoms with Gasteiger partial charge in [0.05, 0.1) is 0 Å². The van der Waals surface area contributed by atoms with Gasteiger partial charge < -0.3 is 10.2 Å². The number of hydrogen-bond acceptors (Lipinski definition) is 3. The maximum absolute atomic E-state index is 12.9. The van der Waals surface area contributed by atoms with E-state index in [1.807, 2.05) is 32.0 Å². The summed E-state index contributed by atoms with van der Waals surface area (Å²) in [6, 6.07) is 15.1. The molecule has 0 saturated carbocycles. The molecule has 2 rings (SSSR count). The lowest BCUT2D eigenvalue weighted by atomic mass is 10.1. The summed E-state index contributed by atoms with van der Waals surface area (Å²) in [7, 11) is 0. The molecule has 150 valence electrons. The van der Waals surface area contributed by atoms with Gasteiger partial charge in [0.25, 0.3) is 0 Å². The van der Waals surface area contributed by atoms with Crippen LogP contribution in [0.4, 0.5) is 0 Å². The van der Waals surface area contributed by atoms with E-state index < -0.39 is 6.04 Å². The van der Waals surface area contributed by atoms with Crippen LogP contribution in [0.3, 0.4) is 0 Å². The number of carbonyl (C=O) groups excluding carboxylic acids is 2. The van der Waals surface area contributed by atoms with Gasteiger partial charge >= 0.3 is 0 Å². The molecule has 0 heterocycles. The van der Waals surface area contributed by atoms with Crippen LogP contribution in [-0.4, -0.2) is 35.1 Å². The van der Waals surface area contributed by atoms with Crippen molar-refractivity contribution >= 4 is 35.2 Å². The Hall–Kier alpha value is -1.98. The van der Waals surface area contributed by atoms with Crippen molar-refractivity contribution in [2.24, 2.45) is 0 Å². The Morgan fingerprint density at radius 2 is 1.82 bits per heavy atom. The van der Waals surface area contributed by atoms with Crippen LogP contribution in [0.2, 0.25) is 5.02 Å². The molecule has 6 heteroatoms. The summed E-state index contributed by atoms with van der Waals surface area (Å²) in [5, 5.41) is 3.39. The van der Waals surface area contributed by atoms with Crippen LogP contribution >= 0.6 is 23.4 Å². The lowest BCUT2D eigenvalue weighted by Crippen LogP contribution is -2.47. The number of rotatable bonds is 9. The van der Waals surface area contributed by atoms with Crippen molar-refractivity contribution in [3.05, 3.63) is 64.7 Å². The molecule has 1 N–H and O–H groups in total. The molecule has 0 spiro atoms. The fraction of sp³-hybridized carbons (Fsp3) is 0.364. The summed E-state index contributed by atoms with van der Waals surface area (Å²) in [6.07, 6.45) is 0.354. The maximum atomic E-state index is 12.9. The molecule has 0 aliphatic rings.